The van der Waals surface area contributed by atoms with Crippen LogP contribution in [0.1, 0.15) is 43.1 Å². The van der Waals surface area contributed by atoms with E-state index in [1.54, 1.807) is 6.20 Å². The Morgan fingerprint density at radius 3 is 2.90 bits per heavy atom. The van der Waals surface area contributed by atoms with Gasteiger partial charge in [-0.15, -0.1) is 0 Å². The Kier molecular flexibility index (Phi) is 4.15. The maximum absolute atomic E-state index is 5.76. The van der Waals surface area contributed by atoms with Crippen LogP contribution in [-0.2, 0) is 13.0 Å². The first-order valence-electron chi connectivity index (χ1n) is 7.52. The second kappa shape index (κ2) is 6.22. The van der Waals surface area contributed by atoms with Crippen LogP contribution < -0.4 is 10.1 Å². The fourth-order valence-electron chi connectivity index (χ4n) is 2.73. The Labute approximate surface area is 125 Å². The van der Waals surface area contributed by atoms with Gasteiger partial charge in [0.25, 0.3) is 0 Å². The fraction of sp³-hybridized carbons (Fsp3) is 0.412. The Morgan fingerprint density at radius 2 is 2.05 bits per heavy atom. The summed E-state index contributed by atoms with van der Waals surface area (Å²) in [7, 11) is 0. The van der Waals surface area contributed by atoms with Crippen molar-refractivity contribution in [1.29, 1.82) is 0 Å². The molecule has 1 atom stereocenters. The highest BCUT2D eigenvalue weighted by Gasteiger charge is 2.23. The summed E-state index contributed by atoms with van der Waals surface area (Å²) in [6.07, 6.45) is 5.98. The first-order chi connectivity index (χ1) is 10.2. The molecule has 0 saturated carbocycles. The average Bonchev–Trinajstić information content (AvgIpc) is 2.89. The topological polar surface area (TPSA) is 47.0 Å². The molecule has 1 N–H and O–H groups in total. The number of nitrogens with zero attached hydrogens (tertiary/aromatic N) is 2. The molecule has 0 radical (unpaired) electrons. The van der Waals surface area contributed by atoms with Crippen molar-refractivity contribution in [3.8, 4) is 5.88 Å². The molecule has 4 heteroatoms. The lowest BCUT2D eigenvalue weighted by molar-refractivity contribution is 0.229. The number of rotatable bonds is 5. The van der Waals surface area contributed by atoms with Crippen molar-refractivity contribution >= 4 is 0 Å². The van der Waals surface area contributed by atoms with Gasteiger partial charge in [-0.2, -0.15) is 0 Å². The Balaban J connectivity index is 1.69. The Morgan fingerprint density at radius 1 is 1.24 bits per heavy atom. The molecule has 1 unspecified atom stereocenters. The predicted octanol–water partition coefficient (Wildman–Crippen LogP) is 3.04. The molecule has 2 aromatic rings. The van der Waals surface area contributed by atoms with Crippen LogP contribution in [-0.4, -0.2) is 16.1 Å². The van der Waals surface area contributed by atoms with E-state index in [4.69, 9.17) is 4.74 Å². The van der Waals surface area contributed by atoms with E-state index < -0.39 is 0 Å². The molecule has 1 aliphatic rings. The first-order valence-corrected chi connectivity index (χ1v) is 7.52. The molecular formula is C17H21N3O. The molecule has 0 fully saturated rings. The van der Waals surface area contributed by atoms with E-state index in [1.165, 1.54) is 11.3 Å². The van der Waals surface area contributed by atoms with Gasteiger partial charge < -0.3 is 10.1 Å². The minimum atomic E-state index is 0.132. The third-order valence-electron chi connectivity index (χ3n) is 3.69. The molecule has 21 heavy (non-hydrogen) atoms. The molecule has 2 heterocycles. The predicted molar refractivity (Wildman–Crippen MR) is 82.1 cm³/mol. The van der Waals surface area contributed by atoms with Crippen LogP contribution in [0.4, 0.5) is 0 Å². The van der Waals surface area contributed by atoms with Crippen molar-refractivity contribution in [3.63, 3.8) is 0 Å². The summed E-state index contributed by atoms with van der Waals surface area (Å²) in [5.41, 5.74) is 3.64. The van der Waals surface area contributed by atoms with Gasteiger partial charge in [0.05, 0.1) is 17.8 Å². The molecule has 2 aromatic heterocycles. The van der Waals surface area contributed by atoms with Crippen LogP contribution in [0.5, 0.6) is 5.88 Å². The zero-order valence-corrected chi connectivity index (χ0v) is 12.5. The minimum absolute atomic E-state index is 0.132. The molecule has 3 rings (SSSR count). The zero-order chi connectivity index (χ0) is 14.7. The highest BCUT2D eigenvalue weighted by atomic mass is 16.5. The van der Waals surface area contributed by atoms with E-state index in [1.807, 2.05) is 32.2 Å². The molecule has 0 amide bonds. The summed E-state index contributed by atoms with van der Waals surface area (Å²) in [5, 5.41) is 3.59. The van der Waals surface area contributed by atoms with Gasteiger partial charge in [0.2, 0.25) is 5.88 Å². The Hall–Kier alpha value is -1.94. The lowest BCUT2D eigenvalue weighted by Gasteiger charge is -2.16. The molecular weight excluding hydrogens is 262 g/mol. The van der Waals surface area contributed by atoms with Crippen LogP contribution in [0.15, 0.2) is 36.7 Å². The van der Waals surface area contributed by atoms with Gasteiger partial charge in [-0.25, -0.2) is 4.98 Å². The maximum atomic E-state index is 5.76. The van der Waals surface area contributed by atoms with Crippen LogP contribution in [0, 0.1) is 0 Å². The number of nitrogens with one attached hydrogen (secondary N) is 1. The monoisotopic (exact) mass is 283 g/mol. The molecule has 0 spiro atoms. The van der Waals surface area contributed by atoms with Crippen molar-refractivity contribution in [2.24, 2.45) is 0 Å². The number of pyridine rings is 2. The molecule has 0 aromatic carbocycles. The maximum Gasteiger partial charge on any atom is 0.218 e. The van der Waals surface area contributed by atoms with Gasteiger partial charge >= 0.3 is 0 Å². The summed E-state index contributed by atoms with van der Waals surface area (Å²) in [5.74, 6) is 0.722. The number of aryl methyl sites for hydroxylation is 1. The van der Waals surface area contributed by atoms with Crippen LogP contribution in [0.2, 0.25) is 0 Å². The van der Waals surface area contributed by atoms with E-state index >= 15 is 0 Å². The van der Waals surface area contributed by atoms with Gasteiger partial charge in [0, 0.05) is 24.5 Å². The highest BCUT2D eigenvalue weighted by Crippen LogP contribution is 2.29. The van der Waals surface area contributed by atoms with Gasteiger partial charge in [-0.3, -0.25) is 4.98 Å². The zero-order valence-electron chi connectivity index (χ0n) is 12.5. The van der Waals surface area contributed by atoms with Crippen molar-refractivity contribution in [1.82, 2.24) is 15.3 Å². The summed E-state index contributed by atoms with van der Waals surface area (Å²) >= 11 is 0. The van der Waals surface area contributed by atoms with E-state index in [2.05, 4.69) is 27.4 Å². The van der Waals surface area contributed by atoms with Crippen molar-refractivity contribution in [2.45, 2.75) is 45.4 Å². The van der Waals surface area contributed by atoms with E-state index in [0.717, 1.165) is 30.8 Å². The first kappa shape index (κ1) is 14.0. The van der Waals surface area contributed by atoms with Crippen LogP contribution in [0.3, 0.4) is 0 Å². The molecule has 110 valence electrons. The smallest absolute Gasteiger partial charge is 0.218 e. The summed E-state index contributed by atoms with van der Waals surface area (Å²) in [4.78, 5) is 8.84. The van der Waals surface area contributed by atoms with Crippen LogP contribution >= 0.6 is 0 Å². The Bertz CT molecular complexity index is 612. The second-order valence-corrected chi connectivity index (χ2v) is 5.65. The summed E-state index contributed by atoms with van der Waals surface area (Å²) < 4.78 is 5.76. The minimum Gasteiger partial charge on any atom is -0.475 e. The number of fused-ring (bicyclic) bond motifs is 1. The van der Waals surface area contributed by atoms with Gasteiger partial charge in [-0.1, -0.05) is 12.1 Å². The standard InChI is InChI=1S/C17H21N3O/c1-12(2)21-17-14(6-4-10-19-17)11-20-15-8-7-13-5-3-9-18-16(13)15/h3-6,9-10,12,15,20H,7-8,11H2,1-2H3. The average molecular weight is 283 g/mol. The molecule has 0 aliphatic heterocycles. The van der Waals surface area contributed by atoms with E-state index in [0.29, 0.717) is 6.04 Å². The van der Waals surface area contributed by atoms with E-state index in [-0.39, 0.29) is 6.10 Å². The highest BCUT2D eigenvalue weighted by molar-refractivity contribution is 5.29. The van der Waals surface area contributed by atoms with Gasteiger partial charge in [-0.05, 0) is 44.4 Å². The third-order valence-corrected chi connectivity index (χ3v) is 3.69. The van der Waals surface area contributed by atoms with Crippen molar-refractivity contribution in [2.75, 3.05) is 0 Å². The lowest BCUT2D eigenvalue weighted by atomic mass is 10.2. The quantitative estimate of drug-likeness (QED) is 0.916. The van der Waals surface area contributed by atoms with Gasteiger partial charge in [0.15, 0.2) is 0 Å². The lowest BCUT2D eigenvalue weighted by Crippen LogP contribution is -2.20. The SMILES string of the molecule is CC(C)Oc1ncccc1CNC1CCc2cccnc21. The number of hydrogen-bond donors (Lipinski definition) is 1. The van der Waals surface area contributed by atoms with E-state index in [9.17, 15) is 0 Å². The number of aromatic nitrogens is 2. The number of hydrogen-bond acceptors (Lipinski definition) is 4. The van der Waals surface area contributed by atoms with Crippen molar-refractivity contribution in [3.05, 3.63) is 53.5 Å². The fourth-order valence-corrected chi connectivity index (χ4v) is 2.73. The molecule has 0 bridgehead atoms. The van der Waals surface area contributed by atoms with Crippen LogP contribution in [0.25, 0.3) is 0 Å². The third kappa shape index (κ3) is 3.22. The number of ether oxygens (including phenoxy) is 1. The summed E-state index contributed by atoms with van der Waals surface area (Å²) in [6.45, 7) is 4.78. The molecule has 1 aliphatic carbocycles. The normalized spacial score (nSPS) is 17.0. The van der Waals surface area contributed by atoms with Crippen molar-refractivity contribution < 1.29 is 4.74 Å². The largest absolute Gasteiger partial charge is 0.475 e. The molecule has 4 nitrogen and oxygen atoms in total. The second-order valence-electron chi connectivity index (χ2n) is 5.65. The summed E-state index contributed by atoms with van der Waals surface area (Å²) in [6, 6.07) is 8.52. The molecule has 0 saturated heterocycles. The van der Waals surface area contributed by atoms with Gasteiger partial charge in [0.1, 0.15) is 0 Å².